The van der Waals surface area contributed by atoms with E-state index in [0.717, 1.165) is 48.4 Å². The molecular formula is C24H25ClN2O3. The van der Waals surface area contributed by atoms with Gasteiger partial charge in [-0.1, -0.05) is 41.9 Å². The summed E-state index contributed by atoms with van der Waals surface area (Å²) in [6, 6.07) is 15.2. The summed E-state index contributed by atoms with van der Waals surface area (Å²) in [6.45, 7) is 0.718. The second kappa shape index (κ2) is 9.35. The first-order valence-corrected chi connectivity index (χ1v) is 10.6. The Morgan fingerprint density at radius 2 is 2.10 bits per heavy atom. The van der Waals surface area contributed by atoms with Crippen LogP contribution in [0.3, 0.4) is 0 Å². The standard InChI is InChI=1S/C24H25ClN2O3/c1-29-19-9-6-7-17(13-19)14-23(28)27-12-5-4-11-22(27)24-26-16-20(30-24)15-18-8-2-3-10-21(18)25/h2-3,6-10,13,16,22H,4-5,11-12,14-15H2,1H3/t22-/m1/s1. The number of aromatic nitrogens is 1. The van der Waals surface area contributed by atoms with Crippen molar-refractivity contribution >= 4 is 17.5 Å². The minimum Gasteiger partial charge on any atom is -0.497 e. The van der Waals surface area contributed by atoms with Crippen molar-refractivity contribution in [2.45, 2.75) is 38.1 Å². The number of ether oxygens (including phenoxy) is 1. The van der Waals surface area contributed by atoms with E-state index in [-0.39, 0.29) is 11.9 Å². The lowest BCUT2D eigenvalue weighted by molar-refractivity contribution is -0.134. The molecule has 0 unspecified atom stereocenters. The number of likely N-dealkylation sites (tertiary alicyclic amines) is 1. The number of halogens is 1. The van der Waals surface area contributed by atoms with E-state index in [1.54, 1.807) is 13.3 Å². The van der Waals surface area contributed by atoms with Crippen molar-refractivity contribution in [3.05, 3.63) is 82.5 Å². The predicted molar refractivity (Wildman–Crippen MR) is 116 cm³/mol. The maximum atomic E-state index is 13.1. The average Bonchev–Trinajstić information content (AvgIpc) is 3.24. The van der Waals surface area contributed by atoms with Gasteiger partial charge in [-0.3, -0.25) is 4.79 Å². The van der Waals surface area contributed by atoms with Gasteiger partial charge in [0.1, 0.15) is 17.6 Å². The molecule has 1 saturated heterocycles. The highest BCUT2D eigenvalue weighted by Crippen LogP contribution is 2.32. The number of oxazole rings is 1. The zero-order valence-corrected chi connectivity index (χ0v) is 17.8. The van der Waals surface area contributed by atoms with E-state index in [1.165, 1.54) is 0 Å². The van der Waals surface area contributed by atoms with Gasteiger partial charge >= 0.3 is 0 Å². The molecule has 1 atom stereocenters. The first-order valence-electron chi connectivity index (χ1n) is 10.2. The molecule has 0 radical (unpaired) electrons. The van der Waals surface area contributed by atoms with Gasteiger partial charge in [0.25, 0.3) is 0 Å². The number of amides is 1. The Bertz CT molecular complexity index is 1020. The van der Waals surface area contributed by atoms with Gasteiger partial charge < -0.3 is 14.1 Å². The third-order valence-electron chi connectivity index (χ3n) is 5.49. The number of methoxy groups -OCH3 is 1. The second-order valence-electron chi connectivity index (χ2n) is 7.56. The Morgan fingerprint density at radius 1 is 1.23 bits per heavy atom. The largest absolute Gasteiger partial charge is 0.497 e. The zero-order valence-electron chi connectivity index (χ0n) is 17.0. The number of hydrogen-bond donors (Lipinski definition) is 0. The lowest BCUT2D eigenvalue weighted by Crippen LogP contribution is -2.39. The molecule has 5 nitrogen and oxygen atoms in total. The molecule has 1 aliphatic rings. The Labute approximate surface area is 181 Å². The fourth-order valence-electron chi connectivity index (χ4n) is 3.93. The molecule has 1 aliphatic heterocycles. The van der Waals surface area contributed by atoms with Crippen LogP contribution in [0.25, 0.3) is 0 Å². The van der Waals surface area contributed by atoms with Crippen LogP contribution in [0.15, 0.2) is 59.1 Å². The maximum Gasteiger partial charge on any atom is 0.227 e. The SMILES string of the molecule is COc1cccc(CC(=O)N2CCCC[C@@H]2c2ncc(Cc3ccccc3Cl)o2)c1. The highest BCUT2D eigenvalue weighted by atomic mass is 35.5. The smallest absolute Gasteiger partial charge is 0.227 e. The molecule has 0 bridgehead atoms. The minimum absolute atomic E-state index is 0.0822. The Morgan fingerprint density at radius 3 is 2.93 bits per heavy atom. The molecule has 0 saturated carbocycles. The number of carbonyl (C=O) groups excluding carboxylic acids is 1. The van der Waals surface area contributed by atoms with Gasteiger partial charge in [0.05, 0.1) is 19.7 Å². The minimum atomic E-state index is -0.128. The summed E-state index contributed by atoms with van der Waals surface area (Å²) in [5, 5.41) is 0.711. The van der Waals surface area contributed by atoms with Gasteiger partial charge in [-0.15, -0.1) is 0 Å². The van der Waals surface area contributed by atoms with Crippen molar-refractivity contribution in [2.75, 3.05) is 13.7 Å². The first-order chi connectivity index (χ1) is 14.6. The normalized spacial score (nSPS) is 16.5. The van der Waals surface area contributed by atoms with Crippen molar-refractivity contribution in [3.8, 4) is 5.75 Å². The number of benzene rings is 2. The van der Waals surface area contributed by atoms with Crippen LogP contribution in [-0.2, 0) is 17.6 Å². The van der Waals surface area contributed by atoms with Crippen molar-refractivity contribution in [1.29, 1.82) is 0 Å². The highest BCUT2D eigenvalue weighted by molar-refractivity contribution is 6.31. The second-order valence-corrected chi connectivity index (χ2v) is 7.97. The lowest BCUT2D eigenvalue weighted by Gasteiger charge is -2.34. The number of piperidine rings is 1. The molecule has 0 spiro atoms. The predicted octanol–water partition coefficient (Wildman–Crippen LogP) is 5.22. The third kappa shape index (κ3) is 4.68. The van der Waals surface area contributed by atoms with E-state index in [0.29, 0.717) is 23.8 Å². The van der Waals surface area contributed by atoms with Crippen molar-refractivity contribution < 1.29 is 13.9 Å². The summed E-state index contributed by atoms with van der Waals surface area (Å²) in [5.41, 5.74) is 1.94. The Kier molecular flexibility index (Phi) is 6.38. The Balaban J connectivity index is 1.49. The van der Waals surface area contributed by atoms with Gasteiger partial charge in [-0.2, -0.15) is 0 Å². The third-order valence-corrected chi connectivity index (χ3v) is 5.86. The molecule has 1 aromatic heterocycles. The molecule has 1 fully saturated rings. The molecule has 0 aliphatic carbocycles. The fourth-order valence-corrected chi connectivity index (χ4v) is 4.14. The van der Waals surface area contributed by atoms with Gasteiger partial charge in [-0.25, -0.2) is 4.98 Å². The van der Waals surface area contributed by atoms with Gasteiger partial charge in [0.15, 0.2) is 0 Å². The van der Waals surface area contributed by atoms with E-state index in [9.17, 15) is 4.79 Å². The number of hydrogen-bond acceptors (Lipinski definition) is 4. The van der Waals surface area contributed by atoms with Crippen LogP contribution in [0.4, 0.5) is 0 Å². The van der Waals surface area contributed by atoms with E-state index in [4.69, 9.17) is 20.8 Å². The molecular weight excluding hydrogens is 400 g/mol. The molecule has 3 aromatic rings. The summed E-state index contributed by atoms with van der Waals surface area (Å²) >= 11 is 6.27. The summed E-state index contributed by atoms with van der Waals surface area (Å²) < 4.78 is 11.3. The quantitative estimate of drug-likeness (QED) is 0.544. The van der Waals surface area contributed by atoms with Gasteiger partial charge in [0, 0.05) is 18.0 Å². The van der Waals surface area contributed by atoms with Crippen LogP contribution in [0, 0.1) is 0 Å². The Hall–Kier alpha value is -2.79. The van der Waals surface area contributed by atoms with Crippen LogP contribution in [0.1, 0.15) is 48.1 Å². The number of carbonyl (C=O) groups is 1. The topological polar surface area (TPSA) is 55.6 Å². The number of nitrogens with zero attached hydrogens (tertiary/aromatic N) is 2. The fraction of sp³-hybridized carbons (Fsp3) is 0.333. The van der Waals surface area contributed by atoms with Gasteiger partial charge in [-0.05, 0) is 48.6 Å². The summed E-state index contributed by atoms with van der Waals surface area (Å²) in [4.78, 5) is 19.5. The molecule has 4 rings (SSSR count). The van der Waals surface area contributed by atoms with E-state index in [1.807, 2.05) is 53.4 Å². The maximum absolute atomic E-state index is 13.1. The van der Waals surface area contributed by atoms with Crippen molar-refractivity contribution in [1.82, 2.24) is 9.88 Å². The molecule has 0 N–H and O–H groups in total. The molecule has 1 amide bonds. The summed E-state index contributed by atoms with van der Waals surface area (Å²) in [5.74, 6) is 2.20. The highest BCUT2D eigenvalue weighted by Gasteiger charge is 2.31. The van der Waals surface area contributed by atoms with Crippen LogP contribution in [-0.4, -0.2) is 29.4 Å². The lowest BCUT2D eigenvalue weighted by atomic mass is 10.0. The van der Waals surface area contributed by atoms with E-state index < -0.39 is 0 Å². The number of rotatable bonds is 6. The monoisotopic (exact) mass is 424 g/mol. The molecule has 2 aromatic carbocycles. The van der Waals surface area contributed by atoms with Crippen LogP contribution in [0.5, 0.6) is 5.75 Å². The summed E-state index contributed by atoms with van der Waals surface area (Å²) in [7, 11) is 1.63. The molecule has 30 heavy (non-hydrogen) atoms. The van der Waals surface area contributed by atoms with Crippen LogP contribution < -0.4 is 4.74 Å². The van der Waals surface area contributed by atoms with Crippen molar-refractivity contribution in [3.63, 3.8) is 0 Å². The van der Waals surface area contributed by atoms with E-state index in [2.05, 4.69) is 4.98 Å². The van der Waals surface area contributed by atoms with Crippen LogP contribution in [0.2, 0.25) is 5.02 Å². The summed E-state index contributed by atoms with van der Waals surface area (Å²) in [6.07, 6.45) is 5.56. The average molecular weight is 425 g/mol. The zero-order chi connectivity index (χ0) is 20.9. The van der Waals surface area contributed by atoms with Gasteiger partial charge in [0.2, 0.25) is 11.8 Å². The molecule has 156 valence electrons. The first kappa shape index (κ1) is 20.5. The van der Waals surface area contributed by atoms with Crippen molar-refractivity contribution in [2.24, 2.45) is 0 Å². The molecule has 2 heterocycles. The van der Waals surface area contributed by atoms with Crippen LogP contribution >= 0.6 is 11.6 Å². The molecule has 6 heteroatoms. The van der Waals surface area contributed by atoms with E-state index >= 15 is 0 Å².